The second-order valence-electron chi connectivity index (χ2n) is 8.20. The van der Waals surface area contributed by atoms with Crippen LogP contribution in [0.25, 0.3) is 0 Å². The molecule has 190 valence electrons. The van der Waals surface area contributed by atoms with Crippen LogP contribution in [-0.2, 0) is 11.0 Å². The molecule has 1 saturated carbocycles. The summed E-state index contributed by atoms with van der Waals surface area (Å²) in [5, 5.41) is 7.69. The second-order valence-corrected chi connectivity index (χ2v) is 8.20. The number of carbonyl (C=O) groups is 2. The van der Waals surface area contributed by atoms with E-state index in [4.69, 9.17) is 4.74 Å². The molecule has 2 aromatic carbocycles. The zero-order valence-electron chi connectivity index (χ0n) is 20.0. The minimum absolute atomic E-state index is 0.00400. The molecule has 8 nitrogen and oxygen atoms in total. The minimum Gasteiger partial charge on any atom is -0.439 e. The Hall–Kier alpha value is -4.15. The first-order chi connectivity index (χ1) is 17.0. The van der Waals surface area contributed by atoms with Gasteiger partial charge in [0.15, 0.2) is 0 Å². The quantitative estimate of drug-likeness (QED) is 0.348. The summed E-state index contributed by atoms with van der Waals surface area (Å²) in [6.45, 7) is 6.52. The number of nitrogens with zero attached hydrogens (tertiary/aromatic N) is 2. The van der Waals surface area contributed by atoms with Crippen molar-refractivity contribution in [1.29, 1.82) is 0 Å². The van der Waals surface area contributed by atoms with Gasteiger partial charge < -0.3 is 20.7 Å². The first-order valence-corrected chi connectivity index (χ1v) is 11.0. The average Bonchev–Trinajstić information content (AvgIpc) is 3.66. The molecule has 0 spiro atoms. The third-order valence-electron chi connectivity index (χ3n) is 5.32. The molecule has 0 unspecified atom stereocenters. The number of anilines is 2. The predicted octanol–water partition coefficient (Wildman–Crippen LogP) is 5.44. The number of alkyl halides is 3. The first kappa shape index (κ1) is 26.5. The lowest BCUT2D eigenvalue weighted by atomic mass is 10.1. The molecule has 0 bridgehead atoms. The van der Waals surface area contributed by atoms with E-state index < -0.39 is 17.8 Å². The van der Waals surface area contributed by atoms with E-state index in [1.165, 1.54) is 32.2 Å². The van der Waals surface area contributed by atoms with E-state index in [0.29, 0.717) is 17.0 Å². The molecule has 1 fully saturated rings. The molecule has 0 atom stereocenters. The number of nitrogens with one attached hydrogen (secondary N) is 3. The summed E-state index contributed by atoms with van der Waals surface area (Å²) >= 11 is 0. The van der Waals surface area contributed by atoms with Gasteiger partial charge in [-0.15, -0.1) is 0 Å². The Bertz CT molecular complexity index is 1230. The Morgan fingerprint density at radius 2 is 1.81 bits per heavy atom. The maximum Gasteiger partial charge on any atom is 0.416 e. The fraction of sp³-hybridized carbons (Fsp3) is 0.280. The number of aliphatic imine (C=N–C) groups is 2. The van der Waals surface area contributed by atoms with Gasteiger partial charge in [-0.2, -0.15) is 13.2 Å². The van der Waals surface area contributed by atoms with Crippen molar-refractivity contribution in [1.82, 2.24) is 5.32 Å². The van der Waals surface area contributed by atoms with Gasteiger partial charge in [0.05, 0.1) is 5.56 Å². The van der Waals surface area contributed by atoms with Crippen molar-refractivity contribution in [2.45, 2.75) is 32.9 Å². The maximum absolute atomic E-state index is 13.1. The number of ether oxygens (including phenoxy) is 1. The van der Waals surface area contributed by atoms with Gasteiger partial charge in [-0.25, -0.2) is 9.79 Å². The van der Waals surface area contributed by atoms with E-state index in [-0.39, 0.29) is 34.8 Å². The Labute approximate surface area is 206 Å². The first-order valence-electron chi connectivity index (χ1n) is 11.0. The number of rotatable bonds is 7. The third-order valence-corrected chi connectivity index (χ3v) is 5.32. The molecule has 0 radical (unpaired) electrons. The van der Waals surface area contributed by atoms with Crippen molar-refractivity contribution in [2.75, 3.05) is 17.7 Å². The normalized spacial score (nSPS) is 14.2. The van der Waals surface area contributed by atoms with Crippen LogP contribution in [0.15, 0.2) is 58.3 Å². The Balaban J connectivity index is 1.65. The summed E-state index contributed by atoms with van der Waals surface area (Å²) < 4.78 is 45.1. The number of hydrogen-bond acceptors (Lipinski definition) is 5. The van der Waals surface area contributed by atoms with E-state index >= 15 is 0 Å². The van der Waals surface area contributed by atoms with Gasteiger partial charge in [0.2, 0.25) is 11.8 Å². The summed E-state index contributed by atoms with van der Waals surface area (Å²) in [5.74, 6) is 0.653. The van der Waals surface area contributed by atoms with Crippen molar-refractivity contribution < 1.29 is 27.5 Å². The van der Waals surface area contributed by atoms with Crippen LogP contribution in [0.3, 0.4) is 0 Å². The standard InChI is InChI=1S/C25H26F3N5O3/c1-14-5-8-17(12-19(14)25(26,27)28)31-24(35)32-20-10-9-18(11-15(20)2)36-22(30-4)13-21(29-3)33-23(34)16-6-7-16/h5,8-13,16H,3,6-7H2,1-2,4H3,(H,33,34)(H2,31,32,35)/b21-13+,30-22+. The summed E-state index contributed by atoms with van der Waals surface area (Å²) in [5.41, 5.74) is 0.317. The Morgan fingerprint density at radius 3 is 2.39 bits per heavy atom. The number of benzene rings is 2. The third kappa shape index (κ3) is 7.17. The lowest BCUT2D eigenvalue weighted by Gasteiger charge is -2.14. The van der Waals surface area contributed by atoms with Crippen molar-refractivity contribution in [3.05, 3.63) is 65.0 Å². The summed E-state index contributed by atoms with van der Waals surface area (Å²) in [6, 6.07) is 7.69. The van der Waals surface area contributed by atoms with Crippen molar-refractivity contribution in [2.24, 2.45) is 15.9 Å². The highest BCUT2D eigenvalue weighted by Gasteiger charge is 2.32. The average molecular weight is 502 g/mol. The van der Waals surface area contributed by atoms with Crippen molar-refractivity contribution >= 4 is 35.9 Å². The lowest BCUT2D eigenvalue weighted by molar-refractivity contribution is -0.138. The molecule has 0 saturated heterocycles. The van der Waals surface area contributed by atoms with Crippen LogP contribution >= 0.6 is 0 Å². The van der Waals surface area contributed by atoms with Crippen LogP contribution in [0.1, 0.15) is 29.5 Å². The molecule has 11 heteroatoms. The molecule has 0 heterocycles. The van der Waals surface area contributed by atoms with Gasteiger partial charge in [0.25, 0.3) is 0 Å². The topological polar surface area (TPSA) is 104 Å². The van der Waals surface area contributed by atoms with E-state index in [1.54, 1.807) is 25.1 Å². The number of hydrogen-bond donors (Lipinski definition) is 3. The van der Waals surface area contributed by atoms with Crippen molar-refractivity contribution in [3.63, 3.8) is 0 Å². The highest BCUT2D eigenvalue weighted by Crippen LogP contribution is 2.33. The number of urea groups is 1. The maximum atomic E-state index is 13.1. The molecule has 3 N–H and O–H groups in total. The lowest BCUT2D eigenvalue weighted by Crippen LogP contribution is -2.24. The molecule has 1 aliphatic rings. The summed E-state index contributed by atoms with van der Waals surface area (Å²) in [6.07, 6.45) is -1.39. The molecule has 1 aliphatic carbocycles. The van der Waals surface area contributed by atoms with Gasteiger partial charge in [-0.3, -0.25) is 9.79 Å². The van der Waals surface area contributed by atoms with Gasteiger partial charge >= 0.3 is 12.2 Å². The van der Waals surface area contributed by atoms with E-state index in [1.807, 2.05) is 0 Å². The van der Waals surface area contributed by atoms with Crippen LogP contribution in [-0.4, -0.2) is 31.6 Å². The van der Waals surface area contributed by atoms with Crippen LogP contribution in [0.5, 0.6) is 5.75 Å². The highest BCUT2D eigenvalue weighted by atomic mass is 19.4. The number of amides is 3. The molecule has 2 aromatic rings. The molecular formula is C25H26F3N5O3. The number of halogens is 3. The largest absolute Gasteiger partial charge is 0.439 e. The zero-order chi connectivity index (χ0) is 26.5. The number of aryl methyl sites for hydroxylation is 2. The molecule has 36 heavy (non-hydrogen) atoms. The summed E-state index contributed by atoms with van der Waals surface area (Å²) in [7, 11) is 1.51. The van der Waals surface area contributed by atoms with Gasteiger partial charge in [0.1, 0.15) is 11.6 Å². The molecular weight excluding hydrogens is 475 g/mol. The smallest absolute Gasteiger partial charge is 0.416 e. The summed E-state index contributed by atoms with van der Waals surface area (Å²) in [4.78, 5) is 32.2. The second kappa shape index (κ2) is 11.1. The monoisotopic (exact) mass is 501 g/mol. The van der Waals surface area contributed by atoms with Gasteiger partial charge in [-0.1, -0.05) is 6.07 Å². The SMILES string of the molecule is C=N/C(=C\C(=N/C)Oc1ccc(NC(=O)Nc2ccc(C)c(C(F)(F)F)c2)c(C)c1)NC(=O)C1CC1. The van der Waals surface area contributed by atoms with Crippen LogP contribution in [0, 0.1) is 19.8 Å². The molecule has 0 aliphatic heterocycles. The minimum atomic E-state index is -4.52. The fourth-order valence-corrected chi connectivity index (χ4v) is 3.20. The number of carbonyl (C=O) groups excluding carboxylic acids is 2. The predicted molar refractivity (Wildman–Crippen MR) is 132 cm³/mol. The molecule has 3 rings (SSSR count). The van der Waals surface area contributed by atoms with Crippen molar-refractivity contribution in [3.8, 4) is 5.75 Å². The Morgan fingerprint density at radius 1 is 1.08 bits per heavy atom. The van der Waals surface area contributed by atoms with Gasteiger partial charge in [0, 0.05) is 30.4 Å². The van der Waals surface area contributed by atoms with Gasteiger partial charge in [-0.05, 0) is 74.9 Å². The Kier molecular flexibility index (Phi) is 8.13. The van der Waals surface area contributed by atoms with Crippen LogP contribution < -0.4 is 20.7 Å². The van der Waals surface area contributed by atoms with E-state index in [9.17, 15) is 22.8 Å². The van der Waals surface area contributed by atoms with Crippen LogP contribution in [0.4, 0.5) is 29.3 Å². The molecule has 3 amide bonds. The zero-order valence-corrected chi connectivity index (χ0v) is 20.0. The highest BCUT2D eigenvalue weighted by molar-refractivity contribution is 6.00. The fourth-order valence-electron chi connectivity index (χ4n) is 3.20. The molecule has 0 aromatic heterocycles. The van der Waals surface area contributed by atoms with E-state index in [2.05, 4.69) is 32.7 Å². The van der Waals surface area contributed by atoms with E-state index in [0.717, 1.165) is 18.9 Å². The van der Waals surface area contributed by atoms with Crippen LogP contribution in [0.2, 0.25) is 0 Å².